The van der Waals surface area contributed by atoms with Gasteiger partial charge in [-0.3, -0.25) is 0 Å². The van der Waals surface area contributed by atoms with Crippen LogP contribution in [-0.4, -0.2) is 9.78 Å². The lowest BCUT2D eigenvalue weighted by Crippen LogP contribution is -1.99. The van der Waals surface area contributed by atoms with Crippen LogP contribution in [0.15, 0.2) is 24.4 Å². The average molecular weight is 220 g/mol. The summed E-state index contributed by atoms with van der Waals surface area (Å²) in [6.07, 6.45) is 1.39. The lowest BCUT2D eigenvalue weighted by molar-refractivity contribution is 0.0615. The van der Waals surface area contributed by atoms with E-state index in [2.05, 4.69) is 5.10 Å². The predicted molar refractivity (Wildman–Crippen MR) is 52.6 cm³/mol. The Balaban J connectivity index is 0.000000980. The number of nitrogens with two attached hydrogens (primary N) is 1. The van der Waals surface area contributed by atoms with Crippen LogP contribution < -0.4 is 5.73 Å². The molecule has 14 heavy (non-hydrogen) atoms. The molecule has 2 rings (SSSR count). The normalized spacial score (nSPS) is 10.5. The molecule has 0 amide bonds. The Morgan fingerprint density at radius 2 is 2.07 bits per heavy atom. The first-order valence-corrected chi connectivity index (χ1v) is 3.69. The van der Waals surface area contributed by atoms with Gasteiger partial charge in [0.15, 0.2) is 0 Å². The highest BCUT2D eigenvalue weighted by Gasteiger charge is 2.10. The standard InChI is InChI=1S/C8H7F2N3.ClH/c9-8(10)13-7-3-6(11)2-1-5(7)4-12-13;/h1-4,8H,11H2;1H. The number of anilines is 1. The molecule has 1 heterocycles. The maximum atomic E-state index is 12.3. The molecule has 6 heteroatoms. The van der Waals surface area contributed by atoms with Crippen molar-refractivity contribution in [3.8, 4) is 0 Å². The van der Waals surface area contributed by atoms with E-state index in [9.17, 15) is 8.78 Å². The molecule has 3 nitrogen and oxygen atoms in total. The molecule has 0 unspecified atom stereocenters. The summed E-state index contributed by atoms with van der Waals surface area (Å²) in [5, 5.41) is 4.21. The van der Waals surface area contributed by atoms with Crippen LogP contribution in [0.4, 0.5) is 14.5 Å². The zero-order chi connectivity index (χ0) is 9.42. The second-order valence-electron chi connectivity index (χ2n) is 2.69. The summed E-state index contributed by atoms with van der Waals surface area (Å²) in [7, 11) is 0. The molecule has 0 saturated carbocycles. The fourth-order valence-electron chi connectivity index (χ4n) is 1.21. The van der Waals surface area contributed by atoms with E-state index in [1.807, 2.05) is 0 Å². The molecule has 0 aliphatic heterocycles. The lowest BCUT2D eigenvalue weighted by atomic mass is 10.2. The Kier molecular flexibility index (Phi) is 2.90. The molecule has 2 aromatic rings. The Morgan fingerprint density at radius 1 is 1.36 bits per heavy atom. The summed E-state index contributed by atoms with van der Waals surface area (Å²) in [5.74, 6) is 0. The minimum Gasteiger partial charge on any atom is -0.399 e. The van der Waals surface area contributed by atoms with Crippen molar-refractivity contribution in [1.82, 2.24) is 9.78 Å². The molecule has 0 bridgehead atoms. The Labute approximate surface area is 84.9 Å². The number of fused-ring (bicyclic) bond motifs is 1. The van der Waals surface area contributed by atoms with E-state index >= 15 is 0 Å². The molecule has 1 aromatic carbocycles. The summed E-state index contributed by atoms with van der Waals surface area (Å²) in [4.78, 5) is 0. The lowest BCUT2D eigenvalue weighted by Gasteiger charge is -2.00. The van der Waals surface area contributed by atoms with Crippen molar-refractivity contribution in [3.63, 3.8) is 0 Å². The first kappa shape index (κ1) is 10.7. The van der Waals surface area contributed by atoms with Gasteiger partial charge >= 0.3 is 6.55 Å². The van der Waals surface area contributed by atoms with Gasteiger partial charge in [0.1, 0.15) is 0 Å². The van der Waals surface area contributed by atoms with Crippen LogP contribution in [0.1, 0.15) is 6.55 Å². The summed E-state index contributed by atoms with van der Waals surface area (Å²) in [5.41, 5.74) is 6.28. The number of nitrogens with zero attached hydrogens (tertiary/aromatic N) is 2. The monoisotopic (exact) mass is 219 g/mol. The molecule has 0 fully saturated rings. The first-order chi connectivity index (χ1) is 6.18. The predicted octanol–water partition coefficient (Wildman–Crippen LogP) is 2.44. The molecule has 2 N–H and O–H groups in total. The van der Waals surface area contributed by atoms with E-state index < -0.39 is 6.55 Å². The van der Waals surface area contributed by atoms with Gasteiger partial charge in [0, 0.05) is 11.1 Å². The van der Waals surface area contributed by atoms with Crippen LogP contribution in [0.5, 0.6) is 0 Å². The van der Waals surface area contributed by atoms with Gasteiger partial charge in [-0.25, -0.2) is 4.68 Å². The number of alkyl halides is 2. The third kappa shape index (κ3) is 1.63. The van der Waals surface area contributed by atoms with Gasteiger partial charge in [0.2, 0.25) is 0 Å². The fourth-order valence-corrected chi connectivity index (χ4v) is 1.21. The molecule has 0 radical (unpaired) electrons. The molecular weight excluding hydrogens is 212 g/mol. The van der Waals surface area contributed by atoms with E-state index in [1.165, 1.54) is 12.3 Å². The second-order valence-corrected chi connectivity index (χ2v) is 2.69. The quantitative estimate of drug-likeness (QED) is 0.749. The molecule has 76 valence electrons. The molecule has 0 atom stereocenters. The molecule has 0 aliphatic carbocycles. The average Bonchev–Trinajstić information content (AvgIpc) is 2.46. The topological polar surface area (TPSA) is 43.8 Å². The maximum absolute atomic E-state index is 12.3. The summed E-state index contributed by atoms with van der Waals surface area (Å²) in [6, 6.07) is 4.80. The van der Waals surface area contributed by atoms with Gasteiger partial charge in [0.25, 0.3) is 0 Å². The van der Waals surface area contributed by atoms with Crippen LogP contribution in [-0.2, 0) is 0 Å². The van der Waals surface area contributed by atoms with Crippen LogP contribution in [0.25, 0.3) is 10.9 Å². The van der Waals surface area contributed by atoms with Crippen molar-refractivity contribution in [3.05, 3.63) is 24.4 Å². The van der Waals surface area contributed by atoms with Gasteiger partial charge in [-0.05, 0) is 18.2 Å². The van der Waals surface area contributed by atoms with Gasteiger partial charge in [-0.1, -0.05) is 0 Å². The van der Waals surface area contributed by atoms with Crippen molar-refractivity contribution < 1.29 is 8.78 Å². The van der Waals surface area contributed by atoms with E-state index in [0.717, 1.165) is 0 Å². The Bertz CT molecular complexity index is 441. The third-order valence-corrected chi connectivity index (χ3v) is 1.81. The van der Waals surface area contributed by atoms with E-state index in [4.69, 9.17) is 5.73 Å². The second kappa shape index (κ2) is 3.79. The zero-order valence-corrected chi connectivity index (χ0v) is 7.84. The van der Waals surface area contributed by atoms with Crippen LogP contribution in [0, 0.1) is 0 Å². The molecular formula is C8H8ClF2N3. The van der Waals surface area contributed by atoms with E-state index in [1.54, 1.807) is 12.1 Å². The van der Waals surface area contributed by atoms with Crippen molar-refractivity contribution in [2.45, 2.75) is 6.55 Å². The number of nitrogen functional groups attached to an aromatic ring is 1. The van der Waals surface area contributed by atoms with Gasteiger partial charge in [0.05, 0.1) is 11.7 Å². The van der Waals surface area contributed by atoms with Gasteiger partial charge < -0.3 is 5.73 Å². The number of aromatic nitrogens is 2. The number of rotatable bonds is 1. The highest BCUT2D eigenvalue weighted by molar-refractivity contribution is 5.85. The van der Waals surface area contributed by atoms with Crippen LogP contribution >= 0.6 is 12.4 Å². The van der Waals surface area contributed by atoms with Crippen molar-refractivity contribution in [2.24, 2.45) is 0 Å². The molecule has 1 aromatic heterocycles. The zero-order valence-electron chi connectivity index (χ0n) is 7.02. The number of halogens is 3. The fraction of sp³-hybridized carbons (Fsp3) is 0.125. The SMILES string of the molecule is Cl.Nc1ccc2cnn(C(F)F)c2c1. The smallest absolute Gasteiger partial charge is 0.333 e. The van der Waals surface area contributed by atoms with E-state index in [0.29, 0.717) is 21.3 Å². The summed E-state index contributed by atoms with van der Waals surface area (Å²) >= 11 is 0. The molecule has 0 spiro atoms. The summed E-state index contributed by atoms with van der Waals surface area (Å²) < 4.78 is 25.3. The number of hydrogen-bond donors (Lipinski definition) is 1. The third-order valence-electron chi connectivity index (χ3n) is 1.81. The number of benzene rings is 1. The minimum atomic E-state index is -2.63. The number of hydrogen-bond acceptors (Lipinski definition) is 2. The Morgan fingerprint density at radius 3 is 2.71 bits per heavy atom. The highest BCUT2D eigenvalue weighted by Crippen LogP contribution is 2.21. The molecule has 0 saturated heterocycles. The van der Waals surface area contributed by atoms with Gasteiger partial charge in [-0.15, -0.1) is 12.4 Å². The first-order valence-electron chi connectivity index (χ1n) is 3.69. The van der Waals surface area contributed by atoms with Crippen molar-refractivity contribution >= 4 is 29.0 Å². The van der Waals surface area contributed by atoms with E-state index in [-0.39, 0.29) is 12.4 Å². The maximum Gasteiger partial charge on any atom is 0.333 e. The Hall–Kier alpha value is -1.36. The molecule has 0 aliphatic rings. The largest absolute Gasteiger partial charge is 0.399 e. The van der Waals surface area contributed by atoms with Crippen LogP contribution in [0.3, 0.4) is 0 Å². The van der Waals surface area contributed by atoms with Crippen molar-refractivity contribution in [1.29, 1.82) is 0 Å². The van der Waals surface area contributed by atoms with Gasteiger partial charge in [-0.2, -0.15) is 13.9 Å². The highest BCUT2D eigenvalue weighted by atomic mass is 35.5. The minimum absolute atomic E-state index is 0. The van der Waals surface area contributed by atoms with Crippen LogP contribution in [0.2, 0.25) is 0 Å². The summed E-state index contributed by atoms with van der Waals surface area (Å²) in [6.45, 7) is -2.63. The van der Waals surface area contributed by atoms with Crippen molar-refractivity contribution in [2.75, 3.05) is 5.73 Å².